The zero-order chi connectivity index (χ0) is 31.5. The van der Waals surface area contributed by atoms with Crippen molar-refractivity contribution >= 4 is 41.5 Å². The van der Waals surface area contributed by atoms with Crippen molar-refractivity contribution in [3.8, 4) is 11.5 Å². The van der Waals surface area contributed by atoms with E-state index < -0.39 is 0 Å². The first-order valence-electron chi connectivity index (χ1n) is 14.4. The van der Waals surface area contributed by atoms with E-state index in [0.29, 0.717) is 11.1 Å². The van der Waals surface area contributed by atoms with Crippen LogP contribution in [0.1, 0.15) is 22.3 Å². The molecule has 0 atom stereocenters. The van der Waals surface area contributed by atoms with Gasteiger partial charge in [0, 0.05) is 39.3 Å². The third-order valence-electron chi connectivity index (χ3n) is 7.05. The molecule has 4 aromatic rings. The molecule has 0 N–H and O–H groups in total. The van der Waals surface area contributed by atoms with Gasteiger partial charge in [-0.25, -0.2) is 0 Å². The molecule has 0 aliphatic carbocycles. The molecule has 0 bridgehead atoms. The van der Waals surface area contributed by atoms with Crippen molar-refractivity contribution in [1.29, 1.82) is 0 Å². The number of allylic oxidation sites excluding steroid dienone is 4. The molecular weight excluding hydrogens is 544 g/mol. The molecule has 5 nitrogen and oxygen atoms in total. The van der Waals surface area contributed by atoms with E-state index in [1.165, 1.54) is 0 Å². The summed E-state index contributed by atoms with van der Waals surface area (Å²) < 4.78 is 11.3. The van der Waals surface area contributed by atoms with E-state index in [0.717, 1.165) is 45.1 Å². The number of nitrogens with zero attached hydrogens (tertiary/aromatic N) is 2. The third kappa shape index (κ3) is 8.39. The number of methoxy groups -OCH3 is 2. The van der Waals surface area contributed by atoms with Crippen LogP contribution in [0.3, 0.4) is 0 Å². The number of hydrogen-bond donors (Lipinski definition) is 0. The Bertz CT molecular complexity index is 1560. The summed E-state index contributed by atoms with van der Waals surface area (Å²) in [6, 6.07) is 31.8. The van der Waals surface area contributed by atoms with Crippen molar-refractivity contribution in [2.24, 2.45) is 0 Å². The number of carbonyl (C=O) groups is 1. The van der Waals surface area contributed by atoms with E-state index >= 15 is 0 Å². The molecule has 44 heavy (non-hydrogen) atoms. The van der Waals surface area contributed by atoms with Crippen LogP contribution in [-0.4, -0.2) is 48.2 Å². The molecule has 0 aliphatic rings. The summed E-state index contributed by atoms with van der Waals surface area (Å²) >= 11 is 0. The molecule has 0 heterocycles. The predicted octanol–water partition coefficient (Wildman–Crippen LogP) is 8.30. The summed E-state index contributed by atoms with van der Waals surface area (Å²) in [6.07, 6.45) is 11.5. The van der Waals surface area contributed by atoms with Crippen molar-refractivity contribution in [3.05, 3.63) is 143 Å². The summed E-state index contributed by atoms with van der Waals surface area (Å²) in [7, 11) is 11.2. The second-order valence-electron chi connectivity index (χ2n) is 10.7. The van der Waals surface area contributed by atoms with Crippen LogP contribution < -0.4 is 19.3 Å². The van der Waals surface area contributed by atoms with E-state index in [1.54, 1.807) is 14.2 Å². The van der Waals surface area contributed by atoms with Crippen LogP contribution in [-0.2, 0) is 4.79 Å². The normalized spacial score (nSPS) is 12.0. The minimum absolute atomic E-state index is 0.115. The van der Waals surface area contributed by atoms with Gasteiger partial charge in [-0.1, -0.05) is 97.1 Å². The highest BCUT2D eigenvalue weighted by atomic mass is 16.5. The number of anilines is 2. The zero-order valence-electron chi connectivity index (χ0n) is 26.3. The fourth-order valence-electron chi connectivity index (χ4n) is 4.71. The molecule has 4 aromatic carbocycles. The standard InChI is InChI=1S/C39H40N2O3/c1-40(2)35-23-19-31(27-37(35)43-5)25-33(21-17-29-13-9-7-10-14-29)39(42)34(22-18-30-15-11-8-12-16-30)26-32-20-24-36(41(3)4)38(28-32)44-6/h7-28H,1-6H3. The van der Waals surface area contributed by atoms with Gasteiger partial charge >= 0.3 is 0 Å². The SMILES string of the molecule is COc1cc(C=C(C=Cc2ccccc2)C(=O)C(C=Cc2ccccc2)=Cc2ccc(N(C)C)c(OC)c2)ccc1N(C)C. The average Bonchev–Trinajstić information content (AvgIpc) is 3.05. The number of carbonyl (C=O) groups excluding carboxylic acids is 1. The number of ketones is 1. The number of ether oxygens (including phenoxy) is 2. The van der Waals surface area contributed by atoms with Gasteiger partial charge < -0.3 is 19.3 Å². The van der Waals surface area contributed by atoms with Gasteiger partial charge in [0.2, 0.25) is 0 Å². The second-order valence-corrected chi connectivity index (χ2v) is 10.7. The van der Waals surface area contributed by atoms with Gasteiger partial charge in [-0.15, -0.1) is 0 Å². The number of rotatable bonds is 12. The van der Waals surface area contributed by atoms with Crippen molar-refractivity contribution < 1.29 is 14.3 Å². The monoisotopic (exact) mass is 584 g/mol. The smallest absolute Gasteiger partial charge is 0.193 e. The summed E-state index contributed by atoms with van der Waals surface area (Å²) in [4.78, 5) is 18.4. The quantitative estimate of drug-likeness (QED) is 0.124. The molecule has 4 rings (SSSR count). The van der Waals surface area contributed by atoms with E-state index in [2.05, 4.69) is 0 Å². The van der Waals surface area contributed by atoms with E-state index in [-0.39, 0.29) is 5.78 Å². The van der Waals surface area contributed by atoms with E-state index in [9.17, 15) is 4.79 Å². The topological polar surface area (TPSA) is 42.0 Å². The van der Waals surface area contributed by atoms with E-state index in [4.69, 9.17) is 9.47 Å². The lowest BCUT2D eigenvalue weighted by molar-refractivity contribution is -0.111. The highest BCUT2D eigenvalue weighted by molar-refractivity contribution is 6.17. The summed E-state index contributed by atoms with van der Waals surface area (Å²) in [5.74, 6) is 1.35. The molecule has 5 heteroatoms. The molecule has 0 radical (unpaired) electrons. The van der Waals surface area contributed by atoms with Crippen LogP contribution in [0.4, 0.5) is 11.4 Å². The highest BCUT2D eigenvalue weighted by Crippen LogP contribution is 2.31. The van der Waals surface area contributed by atoms with Gasteiger partial charge in [0.1, 0.15) is 11.5 Å². The molecule has 0 aliphatic heterocycles. The van der Waals surface area contributed by atoms with Gasteiger partial charge in [0.05, 0.1) is 25.6 Å². The highest BCUT2D eigenvalue weighted by Gasteiger charge is 2.14. The molecule has 0 unspecified atom stereocenters. The van der Waals surface area contributed by atoms with Crippen molar-refractivity contribution in [1.82, 2.24) is 0 Å². The number of Topliss-reactive ketones (excluding diaryl/α,β-unsaturated/α-hetero) is 1. The van der Waals surface area contributed by atoms with Crippen molar-refractivity contribution in [2.75, 3.05) is 52.2 Å². The van der Waals surface area contributed by atoms with Gasteiger partial charge in [-0.05, 0) is 58.7 Å². The Balaban J connectivity index is 1.85. The summed E-state index contributed by atoms with van der Waals surface area (Å²) in [5, 5.41) is 0. The first-order chi connectivity index (χ1) is 21.3. The lowest BCUT2D eigenvalue weighted by atomic mass is 9.96. The van der Waals surface area contributed by atoms with Crippen LogP contribution in [0, 0.1) is 0 Å². The Hall–Kier alpha value is -5.29. The van der Waals surface area contributed by atoms with Crippen molar-refractivity contribution in [3.63, 3.8) is 0 Å². The van der Waals surface area contributed by atoms with Crippen LogP contribution in [0.5, 0.6) is 11.5 Å². The molecule has 0 aromatic heterocycles. The maximum absolute atomic E-state index is 14.4. The molecular formula is C39H40N2O3. The molecule has 0 fully saturated rings. The van der Waals surface area contributed by atoms with Gasteiger partial charge in [-0.2, -0.15) is 0 Å². The second kappa shape index (κ2) is 15.3. The van der Waals surface area contributed by atoms with Crippen LogP contribution in [0.2, 0.25) is 0 Å². The predicted molar refractivity (Wildman–Crippen MR) is 187 cm³/mol. The first-order valence-corrected chi connectivity index (χ1v) is 14.4. The largest absolute Gasteiger partial charge is 0.495 e. The Morgan fingerprint density at radius 3 is 1.27 bits per heavy atom. The molecule has 224 valence electrons. The van der Waals surface area contributed by atoms with Gasteiger partial charge in [0.25, 0.3) is 0 Å². The minimum atomic E-state index is -0.115. The Kier molecular flexibility index (Phi) is 11.0. The minimum Gasteiger partial charge on any atom is -0.495 e. The fraction of sp³-hybridized carbons (Fsp3) is 0.154. The van der Waals surface area contributed by atoms with Crippen molar-refractivity contribution in [2.45, 2.75) is 0 Å². The average molecular weight is 585 g/mol. The maximum Gasteiger partial charge on any atom is 0.193 e. The number of benzene rings is 4. The molecule has 0 amide bonds. The fourth-order valence-corrected chi connectivity index (χ4v) is 4.71. The van der Waals surface area contributed by atoms with Crippen LogP contribution in [0.15, 0.2) is 120 Å². The Morgan fingerprint density at radius 2 is 0.932 bits per heavy atom. The van der Waals surface area contributed by atoms with Crippen LogP contribution in [0.25, 0.3) is 24.3 Å². The molecule has 0 spiro atoms. The van der Waals surface area contributed by atoms with Crippen LogP contribution >= 0.6 is 0 Å². The summed E-state index contributed by atoms with van der Waals surface area (Å²) in [5.41, 5.74) is 6.71. The molecule has 0 saturated carbocycles. The summed E-state index contributed by atoms with van der Waals surface area (Å²) in [6.45, 7) is 0. The first kappa shape index (κ1) is 31.6. The third-order valence-corrected chi connectivity index (χ3v) is 7.05. The van der Waals surface area contributed by atoms with Gasteiger partial charge in [0.15, 0.2) is 5.78 Å². The lowest BCUT2D eigenvalue weighted by Crippen LogP contribution is -2.10. The van der Waals surface area contributed by atoms with E-state index in [1.807, 2.05) is 172 Å². The Morgan fingerprint density at radius 1 is 0.545 bits per heavy atom. The maximum atomic E-state index is 14.4. The number of hydrogen-bond acceptors (Lipinski definition) is 5. The van der Waals surface area contributed by atoms with Gasteiger partial charge in [-0.3, -0.25) is 4.79 Å². The zero-order valence-corrected chi connectivity index (χ0v) is 26.3. The molecule has 0 saturated heterocycles. The Labute approximate surface area is 261 Å². The lowest BCUT2D eigenvalue weighted by Gasteiger charge is -2.17.